The zero-order chi connectivity index (χ0) is 17.4. The van der Waals surface area contributed by atoms with Gasteiger partial charge in [0.15, 0.2) is 0 Å². The van der Waals surface area contributed by atoms with Crippen LogP contribution in [-0.4, -0.2) is 30.4 Å². The molecule has 0 aromatic rings. The largest absolute Gasteiger partial charge is 0.381 e. The zero-order valence-corrected chi connectivity index (χ0v) is 16.5. The molecule has 0 bridgehead atoms. The van der Waals surface area contributed by atoms with E-state index >= 15 is 0 Å². The first-order valence-corrected chi connectivity index (χ1v) is 11.2. The molecular weight excluding hydrogens is 311 g/mol. The maximum Gasteiger partial charge on any atom is 0.330 e. The van der Waals surface area contributed by atoms with Crippen molar-refractivity contribution >= 4 is 7.60 Å². The maximum absolute atomic E-state index is 11.5. The van der Waals surface area contributed by atoms with Crippen molar-refractivity contribution in [2.24, 2.45) is 0 Å². The molecule has 0 amide bonds. The highest BCUT2D eigenvalue weighted by atomic mass is 31.2. The fourth-order valence-corrected chi connectivity index (χ4v) is 2.99. The molecule has 0 heterocycles. The first kappa shape index (κ1) is 23.1. The molecule has 0 aliphatic heterocycles. The molecule has 0 aromatic heterocycles. The van der Waals surface area contributed by atoms with Crippen LogP contribution >= 0.6 is 7.60 Å². The summed E-state index contributed by atoms with van der Waals surface area (Å²) in [5, 5.41) is 0. The highest BCUT2D eigenvalue weighted by Crippen LogP contribution is 2.46. The quantitative estimate of drug-likeness (QED) is 0.261. The zero-order valence-electron chi connectivity index (χ0n) is 15.6. The van der Waals surface area contributed by atoms with Crippen molar-refractivity contribution in [1.29, 1.82) is 0 Å². The third kappa shape index (κ3) is 15.4. The summed E-state index contributed by atoms with van der Waals surface area (Å²) in [4.78, 5) is 9.49. The van der Waals surface area contributed by atoms with Gasteiger partial charge >= 0.3 is 7.60 Å². The van der Waals surface area contributed by atoms with Crippen LogP contribution in [0.2, 0.25) is 0 Å². The van der Waals surface area contributed by atoms with Gasteiger partial charge in [0.05, 0.1) is 12.3 Å². The van der Waals surface area contributed by atoms with Gasteiger partial charge in [-0.1, -0.05) is 78.6 Å². The maximum atomic E-state index is 11.5. The molecule has 0 fully saturated rings. The Morgan fingerprint density at radius 1 is 0.783 bits per heavy atom. The van der Waals surface area contributed by atoms with Gasteiger partial charge in [0.1, 0.15) is 0 Å². The van der Waals surface area contributed by atoms with Gasteiger partial charge in [0.2, 0.25) is 0 Å². The summed E-state index contributed by atoms with van der Waals surface area (Å²) in [5.74, 6) is 0. The lowest BCUT2D eigenvalue weighted by atomic mass is 10.1. The molecule has 0 radical (unpaired) electrons. The standard InChI is InChI=1S/C18H39O4P/c1-4-5-6-7-8-9-10-11-12-13-15-21-16-14-17-22-23(19,20)18(2)3/h18H,4-17H2,1-3H3,(H,19,20). The van der Waals surface area contributed by atoms with Crippen LogP contribution in [0.4, 0.5) is 0 Å². The Balaban J connectivity index is 3.15. The lowest BCUT2D eigenvalue weighted by molar-refractivity contribution is 0.113. The lowest BCUT2D eigenvalue weighted by Gasteiger charge is -2.15. The lowest BCUT2D eigenvalue weighted by Crippen LogP contribution is -2.05. The Hall–Kier alpha value is 0.110. The van der Waals surface area contributed by atoms with Crippen LogP contribution in [0.25, 0.3) is 0 Å². The van der Waals surface area contributed by atoms with Gasteiger partial charge in [-0.3, -0.25) is 4.57 Å². The predicted octanol–water partition coefficient (Wildman–Crippen LogP) is 5.92. The van der Waals surface area contributed by atoms with E-state index in [0.29, 0.717) is 19.6 Å². The first-order valence-electron chi connectivity index (χ1n) is 9.55. The Kier molecular flexibility index (Phi) is 15.7. The second-order valence-corrected chi connectivity index (χ2v) is 9.06. The van der Waals surface area contributed by atoms with Crippen molar-refractivity contribution < 1.29 is 18.7 Å². The van der Waals surface area contributed by atoms with Gasteiger partial charge in [-0.15, -0.1) is 0 Å². The van der Waals surface area contributed by atoms with Crippen molar-refractivity contribution in [1.82, 2.24) is 0 Å². The second kappa shape index (κ2) is 15.6. The van der Waals surface area contributed by atoms with E-state index in [1.54, 1.807) is 13.8 Å². The Bertz CT molecular complexity index is 295. The fourth-order valence-electron chi connectivity index (χ4n) is 2.30. The molecule has 0 aromatic carbocycles. The summed E-state index contributed by atoms with van der Waals surface area (Å²) in [7, 11) is -3.41. The average molecular weight is 350 g/mol. The summed E-state index contributed by atoms with van der Waals surface area (Å²) in [6.45, 7) is 7.34. The number of rotatable bonds is 17. The second-order valence-electron chi connectivity index (χ2n) is 6.64. The van der Waals surface area contributed by atoms with Crippen molar-refractivity contribution in [2.75, 3.05) is 19.8 Å². The van der Waals surface area contributed by atoms with Crippen molar-refractivity contribution in [3.8, 4) is 0 Å². The van der Waals surface area contributed by atoms with Gasteiger partial charge in [-0.2, -0.15) is 0 Å². The minimum atomic E-state index is -3.41. The predicted molar refractivity (Wildman–Crippen MR) is 98.2 cm³/mol. The molecule has 5 heteroatoms. The van der Waals surface area contributed by atoms with Crippen LogP contribution in [0.15, 0.2) is 0 Å². The van der Waals surface area contributed by atoms with Gasteiger partial charge in [0, 0.05) is 13.2 Å². The SMILES string of the molecule is CCCCCCCCCCCCOCCCOP(=O)(O)C(C)C. The molecular formula is C18H39O4P. The molecule has 1 unspecified atom stereocenters. The Morgan fingerprint density at radius 2 is 1.26 bits per heavy atom. The molecule has 140 valence electrons. The number of hydrogen-bond acceptors (Lipinski definition) is 3. The van der Waals surface area contributed by atoms with E-state index in [1.165, 1.54) is 57.8 Å². The number of hydrogen-bond donors (Lipinski definition) is 1. The van der Waals surface area contributed by atoms with Gasteiger partial charge < -0.3 is 14.2 Å². The molecule has 0 rings (SSSR count). The van der Waals surface area contributed by atoms with Crippen LogP contribution in [0.3, 0.4) is 0 Å². The highest BCUT2D eigenvalue weighted by Gasteiger charge is 2.23. The van der Waals surface area contributed by atoms with E-state index in [0.717, 1.165) is 13.0 Å². The van der Waals surface area contributed by atoms with Crippen molar-refractivity contribution in [3.05, 3.63) is 0 Å². The van der Waals surface area contributed by atoms with E-state index in [1.807, 2.05) is 0 Å². The summed E-state index contributed by atoms with van der Waals surface area (Å²) in [6, 6.07) is 0. The van der Waals surface area contributed by atoms with Gasteiger partial charge in [-0.25, -0.2) is 0 Å². The molecule has 1 atom stereocenters. The monoisotopic (exact) mass is 350 g/mol. The van der Waals surface area contributed by atoms with Crippen LogP contribution in [0.1, 0.15) is 91.4 Å². The van der Waals surface area contributed by atoms with Crippen LogP contribution in [-0.2, 0) is 13.8 Å². The van der Waals surface area contributed by atoms with Crippen LogP contribution in [0.5, 0.6) is 0 Å². The normalized spacial score (nSPS) is 14.3. The minimum absolute atomic E-state index is 0.296. The molecule has 0 spiro atoms. The average Bonchev–Trinajstić information content (AvgIpc) is 2.51. The molecule has 0 saturated heterocycles. The van der Waals surface area contributed by atoms with E-state index in [4.69, 9.17) is 9.26 Å². The third-order valence-corrected chi connectivity index (χ3v) is 5.86. The molecule has 4 nitrogen and oxygen atoms in total. The van der Waals surface area contributed by atoms with E-state index in [9.17, 15) is 9.46 Å². The van der Waals surface area contributed by atoms with E-state index in [2.05, 4.69) is 6.92 Å². The van der Waals surface area contributed by atoms with Gasteiger partial charge in [0.25, 0.3) is 0 Å². The molecule has 0 aliphatic carbocycles. The summed E-state index contributed by atoms with van der Waals surface area (Å²) < 4.78 is 22.1. The summed E-state index contributed by atoms with van der Waals surface area (Å²) >= 11 is 0. The fraction of sp³-hybridized carbons (Fsp3) is 1.00. The number of ether oxygens (including phenoxy) is 1. The molecule has 0 saturated carbocycles. The Morgan fingerprint density at radius 3 is 1.78 bits per heavy atom. The minimum Gasteiger partial charge on any atom is -0.381 e. The third-order valence-electron chi connectivity index (χ3n) is 4.00. The molecule has 0 aliphatic rings. The summed E-state index contributed by atoms with van der Waals surface area (Å²) in [6.07, 6.45) is 14.0. The summed E-state index contributed by atoms with van der Waals surface area (Å²) in [5.41, 5.74) is -0.338. The molecule has 23 heavy (non-hydrogen) atoms. The van der Waals surface area contributed by atoms with E-state index < -0.39 is 7.60 Å². The first-order chi connectivity index (χ1) is 11.0. The molecule has 1 N–H and O–H groups in total. The van der Waals surface area contributed by atoms with Gasteiger partial charge in [-0.05, 0) is 12.8 Å². The van der Waals surface area contributed by atoms with Crippen molar-refractivity contribution in [3.63, 3.8) is 0 Å². The van der Waals surface area contributed by atoms with Crippen molar-refractivity contribution in [2.45, 2.75) is 97.1 Å². The van der Waals surface area contributed by atoms with Crippen LogP contribution in [0, 0.1) is 0 Å². The smallest absolute Gasteiger partial charge is 0.330 e. The highest BCUT2D eigenvalue weighted by molar-refractivity contribution is 7.53. The topological polar surface area (TPSA) is 55.8 Å². The van der Waals surface area contributed by atoms with Crippen LogP contribution < -0.4 is 0 Å². The van der Waals surface area contributed by atoms with E-state index in [-0.39, 0.29) is 5.66 Å². The number of unbranched alkanes of at least 4 members (excludes halogenated alkanes) is 9. The Labute approximate surface area is 143 Å².